The summed E-state index contributed by atoms with van der Waals surface area (Å²) in [5.41, 5.74) is 1.95. The van der Waals surface area contributed by atoms with Gasteiger partial charge >= 0.3 is 0 Å². The van der Waals surface area contributed by atoms with E-state index < -0.39 is 0 Å². The monoisotopic (exact) mass is 289 g/mol. The largest absolute Gasteiger partial charge is 0.375 e. The highest BCUT2D eigenvalue weighted by atomic mass is 16.2. The van der Waals surface area contributed by atoms with Gasteiger partial charge in [0.25, 0.3) is 5.91 Å². The van der Waals surface area contributed by atoms with Crippen LogP contribution in [0.3, 0.4) is 0 Å². The Morgan fingerprint density at radius 2 is 2.00 bits per heavy atom. The van der Waals surface area contributed by atoms with Crippen molar-refractivity contribution in [2.45, 2.75) is 32.2 Å². The van der Waals surface area contributed by atoms with Crippen LogP contribution in [0.1, 0.15) is 36.5 Å². The summed E-state index contributed by atoms with van der Waals surface area (Å²) in [7, 11) is 4.00. The highest BCUT2D eigenvalue weighted by Crippen LogP contribution is 2.17. The molecule has 0 bridgehead atoms. The van der Waals surface area contributed by atoms with E-state index in [0.717, 1.165) is 31.6 Å². The molecular formula is C17H27N3O. The van der Waals surface area contributed by atoms with Gasteiger partial charge in [0.2, 0.25) is 0 Å². The molecular weight excluding hydrogens is 262 g/mol. The molecule has 1 N–H and O–H groups in total. The van der Waals surface area contributed by atoms with Crippen LogP contribution in [-0.4, -0.2) is 50.6 Å². The number of nitrogens with one attached hydrogen (secondary N) is 1. The van der Waals surface area contributed by atoms with E-state index in [9.17, 15) is 4.79 Å². The molecule has 0 spiro atoms. The first-order valence-corrected chi connectivity index (χ1v) is 7.92. The van der Waals surface area contributed by atoms with Crippen molar-refractivity contribution in [2.24, 2.45) is 0 Å². The number of rotatable bonds is 6. The van der Waals surface area contributed by atoms with Gasteiger partial charge in [-0.05, 0) is 43.7 Å². The van der Waals surface area contributed by atoms with Gasteiger partial charge in [0.1, 0.15) is 0 Å². The van der Waals surface area contributed by atoms with Gasteiger partial charge in [-0.2, -0.15) is 0 Å². The normalized spacial score (nSPS) is 17.8. The molecule has 1 aliphatic rings. The molecule has 4 heteroatoms. The highest BCUT2D eigenvalue weighted by molar-refractivity contribution is 5.94. The number of nitrogens with zero attached hydrogens (tertiary/aromatic N) is 2. The van der Waals surface area contributed by atoms with Crippen molar-refractivity contribution in [3.05, 3.63) is 29.8 Å². The second-order valence-corrected chi connectivity index (χ2v) is 5.88. The topological polar surface area (TPSA) is 35.6 Å². The quantitative estimate of drug-likeness (QED) is 0.873. The van der Waals surface area contributed by atoms with Crippen LogP contribution >= 0.6 is 0 Å². The van der Waals surface area contributed by atoms with E-state index in [-0.39, 0.29) is 5.91 Å². The maximum atomic E-state index is 12.5. The predicted molar refractivity (Wildman–Crippen MR) is 88.0 cm³/mol. The van der Waals surface area contributed by atoms with E-state index in [1.807, 2.05) is 36.2 Å². The maximum absolute atomic E-state index is 12.5. The summed E-state index contributed by atoms with van der Waals surface area (Å²) in [4.78, 5) is 16.6. The van der Waals surface area contributed by atoms with Gasteiger partial charge < -0.3 is 15.1 Å². The Morgan fingerprint density at radius 3 is 2.57 bits per heavy atom. The zero-order valence-electron chi connectivity index (χ0n) is 13.4. The molecule has 0 aromatic heterocycles. The second kappa shape index (κ2) is 7.46. The molecule has 0 saturated carbocycles. The van der Waals surface area contributed by atoms with Gasteiger partial charge in [-0.3, -0.25) is 4.79 Å². The molecule has 1 unspecified atom stereocenters. The molecule has 1 heterocycles. The fraction of sp³-hybridized carbons (Fsp3) is 0.588. The summed E-state index contributed by atoms with van der Waals surface area (Å²) in [6.45, 7) is 5.16. The molecule has 116 valence electrons. The molecule has 4 nitrogen and oxygen atoms in total. The lowest BCUT2D eigenvalue weighted by molar-refractivity contribution is 0.0744. The van der Waals surface area contributed by atoms with Gasteiger partial charge in [-0.15, -0.1) is 0 Å². The molecule has 1 aliphatic heterocycles. The number of unbranched alkanes of at least 4 members (excludes halogenated alkanes) is 1. The molecule has 1 fully saturated rings. The molecule has 0 aliphatic carbocycles. The van der Waals surface area contributed by atoms with Crippen molar-refractivity contribution in [2.75, 3.05) is 38.6 Å². The zero-order valence-corrected chi connectivity index (χ0v) is 13.4. The lowest BCUT2D eigenvalue weighted by Gasteiger charge is -2.24. The van der Waals surface area contributed by atoms with Crippen molar-refractivity contribution in [1.29, 1.82) is 0 Å². The van der Waals surface area contributed by atoms with Crippen LogP contribution in [0.5, 0.6) is 0 Å². The van der Waals surface area contributed by atoms with Gasteiger partial charge in [0.05, 0.1) is 0 Å². The van der Waals surface area contributed by atoms with E-state index in [4.69, 9.17) is 0 Å². The molecule has 1 aromatic rings. The van der Waals surface area contributed by atoms with Crippen molar-refractivity contribution in [3.8, 4) is 0 Å². The average Bonchev–Trinajstić information content (AvgIpc) is 3.05. The highest BCUT2D eigenvalue weighted by Gasteiger charge is 2.23. The van der Waals surface area contributed by atoms with Crippen LogP contribution in [0.25, 0.3) is 0 Å². The van der Waals surface area contributed by atoms with Crippen molar-refractivity contribution in [3.63, 3.8) is 0 Å². The standard InChI is InChI=1S/C17H27N3O/c1-4-5-12-19(2)15-8-6-14(7-9-15)17(21)20(3)16-10-11-18-13-16/h6-9,16,18H,4-5,10-13H2,1-3H3. The predicted octanol–water partition coefficient (Wildman–Crippen LogP) is 2.36. The van der Waals surface area contributed by atoms with E-state index >= 15 is 0 Å². The fourth-order valence-electron chi connectivity index (χ4n) is 2.72. The number of benzene rings is 1. The number of likely N-dealkylation sites (N-methyl/N-ethyl adjacent to an activating group) is 1. The molecule has 1 aromatic carbocycles. The van der Waals surface area contributed by atoms with E-state index in [0.29, 0.717) is 6.04 Å². The molecule has 1 saturated heterocycles. The summed E-state index contributed by atoms with van der Waals surface area (Å²) in [5.74, 6) is 0.117. The number of carbonyl (C=O) groups excluding carboxylic acids is 1. The van der Waals surface area contributed by atoms with E-state index in [1.165, 1.54) is 18.5 Å². The third kappa shape index (κ3) is 3.97. The van der Waals surface area contributed by atoms with Crippen molar-refractivity contribution in [1.82, 2.24) is 10.2 Å². The first-order valence-electron chi connectivity index (χ1n) is 7.92. The van der Waals surface area contributed by atoms with Gasteiger partial charge in [0, 0.05) is 44.5 Å². The van der Waals surface area contributed by atoms with Crippen LogP contribution in [0.15, 0.2) is 24.3 Å². The van der Waals surface area contributed by atoms with Crippen LogP contribution in [0.4, 0.5) is 5.69 Å². The second-order valence-electron chi connectivity index (χ2n) is 5.88. The Balaban J connectivity index is 1.99. The summed E-state index contributed by atoms with van der Waals surface area (Å²) >= 11 is 0. The Bertz CT molecular complexity index is 452. The number of hydrogen-bond acceptors (Lipinski definition) is 3. The Hall–Kier alpha value is -1.55. The summed E-state index contributed by atoms with van der Waals surface area (Å²) in [6.07, 6.45) is 3.43. The van der Waals surface area contributed by atoms with Gasteiger partial charge in [-0.1, -0.05) is 13.3 Å². The summed E-state index contributed by atoms with van der Waals surface area (Å²) in [6, 6.07) is 8.30. The lowest BCUT2D eigenvalue weighted by Crippen LogP contribution is -2.38. The molecule has 21 heavy (non-hydrogen) atoms. The van der Waals surface area contributed by atoms with Crippen LogP contribution in [-0.2, 0) is 0 Å². The van der Waals surface area contributed by atoms with E-state index in [2.05, 4.69) is 24.2 Å². The molecule has 1 atom stereocenters. The Morgan fingerprint density at radius 1 is 1.29 bits per heavy atom. The third-order valence-electron chi connectivity index (χ3n) is 4.30. The number of carbonyl (C=O) groups is 1. The lowest BCUT2D eigenvalue weighted by atomic mass is 10.1. The fourth-order valence-corrected chi connectivity index (χ4v) is 2.72. The number of amides is 1. The van der Waals surface area contributed by atoms with Gasteiger partial charge in [0.15, 0.2) is 0 Å². The number of anilines is 1. The minimum absolute atomic E-state index is 0.117. The summed E-state index contributed by atoms with van der Waals surface area (Å²) < 4.78 is 0. The smallest absolute Gasteiger partial charge is 0.253 e. The van der Waals surface area contributed by atoms with E-state index in [1.54, 1.807) is 0 Å². The van der Waals surface area contributed by atoms with Crippen LogP contribution in [0.2, 0.25) is 0 Å². The van der Waals surface area contributed by atoms with Crippen LogP contribution in [0, 0.1) is 0 Å². The maximum Gasteiger partial charge on any atom is 0.253 e. The molecule has 2 rings (SSSR count). The minimum Gasteiger partial charge on any atom is -0.375 e. The SMILES string of the molecule is CCCCN(C)c1ccc(C(=O)N(C)C2CCNC2)cc1. The summed E-state index contributed by atoms with van der Waals surface area (Å²) in [5, 5.41) is 3.30. The van der Waals surface area contributed by atoms with Gasteiger partial charge in [-0.25, -0.2) is 0 Å². The first kappa shape index (κ1) is 15.8. The Labute approximate surface area is 128 Å². The minimum atomic E-state index is 0.117. The zero-order chi connectivity index (χ0) is 15.2. The average molecular weight is 289 g/mol. The Kier molecular flexibility index (Phi) is 5.62. The molecule has 0 radical (unpaired) electrons. The van der Waals surface area contributed by atoms with Crippen molar-refractivity contribution < 1.29 is 4.79 Å². The molecule has 1 amide bonds. The van der Waals surface area contributed by atoms with Crippen LogP contribution < -0.4 is 10.2 Å². The first-order chi connectivity index (χ1) is 10.1. The number of hydrogen-bond donors (Lipinski definition) is 1. The third-order valence-corrected chi connectivity index (χ3v) is 4.30. The van der Waals surface area contributed by atoms with Crippen molar-refractivity contribution >= 4 is 11.6 Å².